The third-order valence-corrected chi connectivity index (χ3v) is 2.42. The van der Waals surface area contributed by atoms with Crippen LogP contribution in [-0.4, -0.2) is 64.6 Å². The van der Waals surface area contributed by atoms with E-state index in [9.17, 15) is 19.8 Å². The normalized spacial score (nSPS) is 35.9. The molecule has 0 aromatic carbocycles. The molecule has 18 heavy (non-hydrogen) atoms. The average molecular weight is 264 g/mol. The second-order valence-corrected chi connectivity index (χ2v) is 3.89. The lowest BCUT2D eigenvalue weighted by Crippen LogP contribution is -2.60. The molecule has 1 aliphatic rings. The smallest absolute Gasteiger partial charge is 0.303 e. The Morgan fingerprint density at radius 2 is 1.61 bits per heavy atom. The van der Waals surface area contributed by atoms with Crippen molar-refractivity contribution in [3.05, 3.63) is 0 Å². The van der Waals surface area contributed by atoms with E-state index in [0.29, 0.717) is 0 Å². The lowest BCUT2D eigenvalue weighted by atomic mass is 9.99. The van der Waals surface area contributed by atoms with Crippen LogP contribution in [-0.2, 0) is 23.8 Å². The van der Waals surface area contributed by atoms with Crippen molar-refractivity contribution in [2.75, 3.05) is 6.61 Å². The highest BCUT2D eigenvalue weighted by Gasteiger charge is 2.48. The highest BCUT2D eigenvalue weighted by atomic mass is 16.7. The molecule has 0 radical (unpaired) electrons. The van der Waals surface area contributed by atoms with Gasteiger partial charge in [0.25, 0.3) is 0 Å². The maximum atomic E-state index is 10.9. The van der Waals surface area contributed by atoms with Gasteiger partial charge < -0.3 is 29.5 Å². The SMILES string of the molecule is CC(=O)OC1C(O)OC(CO)C(O)C1OC(C)=O. The van der Waals surface area contributed by atoms with Crippen LogP contribution in [0.3, 0.4) is 0 Å². The van der Waals surface area contributed by atoms with Crippen LogP contribution in [0.1, 0.15) is 13.8 Å². The third kappa shape index (κ3) is 3.39. The Kier molecular flexibility index (Phi) is 5.03. The van der Waals surface area contributed by atoms with Crippen LogP contribution < -0.4 is 0 Å². The van der Waals surface area contributed by atoms with E-state index in [0.717, 1.165) is 13.8 Å². The van der Waals surface area contributed by atoms with Gasteiger partial charge in [0.2, 0.25) is 0 Å². The van der Waals surface area contributed by atoms with Crippen LogP contribution >= 0.6 is 0 Å². The minimum Gasteiger partial charge on any atom is -0.455 e. The van der Waals surface area contributed by atoms with Gasteiger partial charge in [-0.2, -0.15) is 0 Å². The van der Waals surface area contributed by atoms with Crippen molar-refractivity contribution in [3.8, 4) is 0 Å². The van der Waals surface area contributed by atoms with Crippen LogP contribution in [0.5, 0.6) is 0 Å². The quantitative estimate of drug-likeness (QED) is 0.496. The van der Waals surface area contributed by atoms with Crippen LogP contribution in [0.2, 0.25) is 0 Å². The molecule has 0 amide bonds. The molecule has 0 aliphatic carbocycles. The van der Waals surface area contributed by atoms with Gasteiger partial charge in [-0.1, -0.05) is 0 Å². The predicted molar refractivity (Wildman–Crippen MR) is 55.1 cm³/mol. The number of aliphatic hydroxyl groups excluding tert-OH is 3. The lowest BCUT2D eigenvalue weighted by molar-refractivity contribution is -0.293. The van der Waals surface area contributed by atoms with Crippen molar-refractivity contribution < 1.29 is 39.1 Å². The van der Waals surface area contributed by atoms with Gasteiger partial charge in [-0.3, -0.25) is 9.59 Å². The summed E-state index contributed by atoms with van der Waals surface area (Å²) >= 11 is 0. The van der Waals surface area contributed by atoms with Gasteiger partial charge in [0.05, 0.1) is 6.61 Å². The van der Waals surface area contributed by atoms with Crippen molar-refractivity contribution in [2.45, 2.75) is 44.6 Å². The lowest BCUT2D eigenvalue weighted by Gasteiger charge is -2.40. The summed E-state index contributed by atoms with van der Waals surface area (Å²) < 4.78 is 14.4. The van der Waals surface area contributed by atoms with Gasteiger partial charge >= 0.3 is 11.9 Å². The summed E-state index contributed by atoms with van der Waals surface area (Å²) in [5.41, 5.74) is 0. The summed E-state index contributed by atoms with van der Waals surface area (Å²) in [5, 5.41) is 28.4. The highest BCUT2D eigenvalue weighted by molar-refractivity contribution is 5.67. The van der Waals surface area contributed by atoms with E-state index < -0.39 is 49.3 Å². The maximum absolute atomic E-state index is 10.9. The number of carbonyl (C=O) groups excluding carboxylic acids is 2. The topological polar surface area (TPSA) is 123 Å². The Labute approximate surface area is 103 Å². The van der Waals surface area contributed by atoms with Gasteiger partial charge in [-0.05, 0) is 0 Å². The summed E-state index contributed by atoms with van der Waals surface area (Å²) in [6, 6.07) is 0. The summed E-state index contributed by atoms with van der Waals surface area (Å²) in [6.07, 6.45) is -6.78. The van der Waals surface area contributed by atoms with Crippen molar-refractivity contribution in [1.29, 1.82) is 0 Å². The molecule has 0 aromatic rings. The van der Waals surface area contributed by atoms with Crippen LogP contribution in [0.15, 0.2) is 0 Å². The van der Waals surface area contributed by atoms with Crippen LogP contribution in [0.4, 0.5) is 0 Å². The molecule has 0 spiro atoms. The Morgan fingerprint density at radius 3 is 2.06 bits per heavy atom. The van der Waals surface area contributed by atoms with Crippen molar-refractivity contribution in [3.63, 3.8) is 0 Å². The molecular formula is C10H16O8. The van der Waals surface area contributed by atoms with E-state index in [2.05, 4.69) is 0 Å². The zero-order chi connectivity index (χ0) is 13.9. The molecule has 1 heterocycles. The van der Waals surface area contributed by atoms with Crippen molar-refractivity contribution in [1.82, 2.24) is 0 Å². The molecule has 5 unspecified atom stereocenters. The monoisotopic (exact) mass is 264 g/mol. The van der Waals surface area contributed by atoms with Crippen molar-refractivity contribution >= 4 is 11.9 Å². The molecule has 0 bridgehead atoms. The maximum Gasteiger partial charge on any atom is 0.303 e. The van der Waals surface area contributed by atoms with E-state index >= 15 is 0 Å². The number of hydrogen-bond acceptors (Lipinski definition) is 8. The first-order valence-electron chi connectivity index (χ1n) is 5.33. The number of carbonyl (C=O) groups is 2. The minimum absolute atomic E-state index is 0.581. The zero-order valence-electron chi connectivity index (χ0n) is 9.98. The molecule has 3 N–H and O–H groups in total. The number of hydrogen-bond donors (Lipinski definition) is 3. The molecule has 0 aromatic heterocycles. The molecule has 104 valence electrons. The van der Waals surface area contributed by atoms with E-state index in [-0.39, 0.29) is 0 Å². The molecule has 1 rings (SSSR count). The standard InChI is InChI=1S/C10H16O8/c1-4(12)16-8-7(14)6(3-11)18-10(15)9(8)17-5(2)13/h6-11,14-15H,3H2,1-2H3. The second-order valence-electron chi connectivity index (χ2n) is 3.89. The average Bonchev–Trinajstić information content (AvgIpc) is 2.27. The molecule has 1 fully saturated rings. The second kappa shape index (κ2) is 6.10. The van der Waals surface area contributed by atoms with Crippen LogP contribution in [0, 0.1) is 0 Å². The number of esters is 2. The minimum atomic E-state index is -1.60. The van der Waals surface area contributed by atoms with Gasteiger partial charge in [-0.25, -0.2) is 0 Å². The predicted octanol–water partition coefficient (Wildman–Crippen LogP) is -2.08. The van der Waals surface area contributed by atoms with Gasteiger partial charge in [0.15, 0.2) is 18.5 Å². The number of rotatable bonds is 3. The largest absolute Gasteiger partial charge is 0.455 e. The molecule has 1 aliphatic heterocycles. The summed E-state index contributed by atoms with van der Waals surface area (Å²) in [7, 11) is 0. The van der Waals surface area contributed by atoms with Gasteiger partial charge in [0.1, 0.15) is 12.2 Å². The Morgan fingerprint density at radius 1 is 1.11 bits per heavy atom. The Bertz CT molecular complexity index is 317. The Balaban J connectivity index is 2.89. The van der Waals surface area contributed by atoms with E-state index in [1.54, 1.807) is 0 Å². The van der Waals surface area contributed by atoms with Gasteiger partial charge in [-0.15, -0.1) is 0 Å². The fraction of sp³-hybridized carbons (Fsp3) is 0.800. The first-order valence-corrected chi connectivity index (χ1v) is 5.33. The van der Waals surface area contributed by atoms with Gasteiger partial charge in [0, 0.05) is 13.8 Å². The number of ether oxygens (including phenoxy) is 3. The third-order valence-electron chi connectivity index (χ3n) is 2.42. The Hall–Kier alpha value is -1.22. The number of aliphatic hydroxyl groups is 3. The molecule has 8 nitrogen and oxygen atoms in total. The fourth-order valence-electron chi connectivity index (χ4n) is 1.70. The first kappa shape index (κ1) is 14.8. The highest BCUT2D eigenvalue weighted by Crippen LogP contribution is 2.24. The molecule has 1 saturated heterocycles. The zero-order valence-corrected chi connectivity index (χ0v) is 9.98. The summed E-state index contributed by atoms with van der Waals surface area (Å²) in [4.78, 5) is 21.8. The van der Waals surface area contributed by atoms with E-state index in [1.807, 2.05) is 0 Å². The molecular weight excluding hydrogens is 248 g/mol. The fourth-order valence-corrected chi connectivity index (χ4v) is 1.70. The molecule has 5 atom stereocenters. The summed E-state index contributed by atoms with van der Waals surface area (Å²) in [6.45, 7) is 1.62. The van der Waals surface area contributed by atoms with E-state index in [4.69, 9.17) is 19.3 Å². The van der Waals surface area contributed by atoms with Crippen molar-refractivity contribution in [2.24, 2.45) is 0 Å². The van der Waals surface area contributed by atoms with Crippen LogP contribution in [0.25, 0.3) is 0 Å². The first-order chi connectivity index (χ1) is 8.36. The molecule has 0 saturated carbocycles. The molecule has 8 heteroatoms. The van der Waals surface area contributed by atoms with E-state index in [1.165, 1.54) is 0 Å². The summed E-state index contributed by atoms with van der Waals surface area (Å²) in [5.74, 6) is -1.45.